The Hall–Kier alpha value is -2.97. The third-order valence-electron chi connectivity index (χ3n) is 15.4. The van der Waals surface area contributed by atoms with E-state index in [9.17, 15) is 35.1 Å². The largest absolute Gasteiger partial charge is 0.504 e. The molecule has 8 atom stereocenters. The number of benzene rings is 1. The zero-order valence-corrected chi connectivity index (χ0v) is 36.3. The van der Waals surface area contributed by atoms with Gasteiger partial charge in [0.2, 0.25) is 5.91 Å². The van der Waals surface area contributed by atoms with Crippen LogP contribution in [0.25, 0.3) is 0 Å². The summed E-state index contributed by atoms with van der Waals surface area (Å²) in [6.45, 7) is 4.90. The molecule has 6 rings (SSSR count). The van der Waals surface area contributed by atoms with E-state index in [1.54, 1.807) is 13.0 Å². The lowest BCUT2D eigenvalue weighted by Crippen LogP contribution is -2.65. The summed E-state index contributed by atoms with van der Waals surface area (Å²) in [4.78, 5) is 41.1. The normalized spacial score (nSPS) is 27.2. The summed E-state index contributed by atoms with van der Waals surface area (Å²) in [7, 11) is 0. The molecule has 0 radical (unpaired) electrons. The van der Waals surface area contributed by atoms with E-state index < -0.39 is 47.3 Å². The number of hydrogen-bond acceptors (Lipinski definition) is 12. The molecule has 0 unspecified atom stereocenters. The fraction of sp³-hybridized carbons (Fsp3) is 0.809. The number of ether oxygens (including phenoxy) is 3. The summed E-state index contributed by atoms with van der Waals surface area (Å²) in [5.41, 5.74) is -0.133. The first kappa shape index (κ1) is 46.5. The number of aromatic hydroxyl groups is 1. The molecular formula is C47H74N2O11. The summed E-state index contributed by atoms with van der Waals surface area (Å²) in [6, 6.07) is 3.64. The van der Waals surface area contributed by atoms with Gasteiger partial charge in [0, 0.05) is 49.9 Å². The molecule has 2 saturated carbocycles. The van der Waals surface area contributed by atoms with Gasteiger partial charge in [0.05, 0.1) is 18.8 Å². The monoisotopic (exact) mass is 843 g/mol. The average Bonchev–Trinajstić information content (AvgIpc) is 3.74. The number of carbonyl (C=O) groups is 3. The second-order valence-corrected chi connectivity index (χ2v) is 19.3. The van der Waals surface area contributed by atoms with Gasteiger partial charge in [-0.3, -0.25) is 9.59 Å². The van der Waals surface area contributed by atoms with Gasteiger partial charge in [-0.15, -0.1) is 0 Å². The first-order valence-electron chi connectivity index (χ1n) is 23.3. The molecule has 0 spiro atoms. The molecule has 13 nitrogen and oxygen atoms in total. The summed E-state index contributed by atoms with van der Waals surface area (Å²) in [6.07, 6.45) is 10.7. The quantitative estimate of drug-likeness (QED) is 0.0851. The minimum atomic E-state index is -1.14. The molecular weight excluding hydrogens is 769 g/mol. The third-order valence-corrected chi connectivity index (χ3v) is 15.4. The number of aliphatic hydroxyl groups excluding tert-OH is 4. The average molecular weight is 843 g/mol. The molecule has 338 valence electrons. The van der Waals surface area contributed by atoms with Crippen LogP contribution >= 0.6 is 0 Å². The first-order chi connectivity index (χ1) is 28.8. The second-order valence-electron chi connectivity index (χ2n) is 19.3. The first-order valence-corrected chi connectivity index (χ1v) is 23.3. The van der Waals surface area contributed by atoms with E-state index in [0.717, 1.165) is 56.1 Å². The van der Waals surface area contributed by atoms with E-state index >= 15 is 4.79 Å². The summed E-state index contributed by atoms with van der Waals surface area (Å²) in [5, 5.41) is 59.2. The predicted octanol–water partition coefficient (Wildman–Crippen LogP) is 5.17. The highest BCUT2D eigenvalue weighted by atomic mass is 16.6. The maximum absolute atomic E-state index is 15.1. The molecule has 2 aliphatic carbocycles. The van der Waals surface area contributed by atoms with E-state index in [0.29, 0.717) is 109 Å². The highest BCUT2D eigenvalue weighted by Gasteiger charge is 2.54. The van der Waals surface area contributed by atoms with E-state index in [1.165, 1.54) is 6.92 Å². The Kier molecular flexibility index (Phi) is 16.2. The molecule has 7 N–H and O–H groups in total. The molecule has 0 bridgehead atoms. The fourth-order valence-electron chi connectivity index (χ4n) is 11.8. The zero-order valence-electron chi connectivity index (χ0n) is 36.3. The van der Waals surface area contributed by atoms with Crippen molar-refractivity contribution in [3.8, 4) is 11.5 Å². The highest BCUT2D eigenvalue weighted by Crippen LogP contribution is 2.52. The molecule has 3 heterocycles. The number of hydrogen-bond donors (Lipinski definition) is 7. The molecule has 3 aliphatic heterocycles. The number of amides is 1. The van der Waals surface area contributed by atoms with Crippen LogP contribution in [-0.4, -0.2) is 106 Å². The van der Waals surface area contributed by atoms with Gasteiger partial charge in [0.15, 0.2) is 11.5 Å². The van der Waals surface area contributed by atoms with Gasteiger partial charge in [-0.25, -0.2) is 4.79 Å². The maximum Gasteiger partial charge on any atom is 0.332 e. The molecule has 1 aromatic rings. The molecule has 5 aliphatic rings. The van der Waals surface area contributed by atoms with Crippen molar-refractivity contribution < 1.29 is 54.1 Å². The van der Waals surface area contributed by atoms with Gasteiger partial charge in [-0.2, -0.15) is 0 Å². The Morgan fingerprint density at radius 1 is 0.917 bits per heavy atom. The van der Waals surface area contributed by atoms with Crippen LogP contribution in [0.1, 0.15) is 147 Å². The maximum atomic E-state index is 15.1. The lowest BCUT2D eigenvalue weighted by atomic mass is 9.65. The number of carbonyl (C=O) groups excluding carboxylic acids is 3. The molecule has 2 saturated heterocycles. The minimum absolute atomic E-state index is 0.0231. The van der Waals surface area contributed by atoms with Crippen molar-refractivity contribution in [2.45, 2.75) is 179 Å². The number of aliphatic hydroxyl groups is 4. The Morgan fingerprint density at radius 3 is 2.35 bits per heavy atom. The van der Waals surface area contributed by atoms with Crippen molar-refractivity contribution in [2.24, 2.45) is 28.6 Å². The summed E-state index contributed by atoms with van der Waals surface area (Å²) in [5.74, 6) is -0.768. The summed E-state index contributed by atoms with van der Waals surface area (Å²) >= 11 is 0. The van der Waals surface area contributed by atoms with E-state index in [4.69, 9.17) is 14.2 Å². The van der Waals surface area contributed by atoms with Crippen LogP contribution in [0.3, 0.4) is 0 Å². The topological polar surface area (TPSA) is 204 Å². The van der Waals surface area contributed by atoms with Crippen LogP contribution in [0.2, 0.25) is 0 Å². The molecule has 1 aromatic carbocycles. The number of phenols is 1. The lowest BCUT2D eigenvalue weighted by molar-refractivity contribution is -0.179. The standard InChI is InChI=1S/C47H74N2O11/c1-31(52)10-11-33(12-15-37(54)9-7-25-50)40(59-32(2)53)27-41(60-44(57)47-20-4-3-8-35(47)14-17-42(56)49-47)45(21-23-48-24-22-45)28-34-13-16-39(55)43-38(34)26-36(29-58-43)46(30-51)18-5-6-19-46/h13,16,31,33,35-37,40-41,48,50-52,54-55H,3-12,14-15,17-30H2,1-2H3,(H,49,56)/t31-,33+,35+,36-,37+,40-,41+,47+/m0/s1. The zero-order chi connectivity index (χ0) is 42.9. The van der Waals surface area contributed by atoms with Crippen molar-refractivity contribution in [3.63, 3.8) is 0 Å². The van der Waals surface area contributed by atoms with E-state index in [-0.39, 0.29) is 54.5 Å². The van der Waals surface area contributed by atoms with Crippen molar-refractivity contribution in [1.29, 1.82) is 0 Å². The molecule has 13 heteroatoms. The number of piperidine rings is 2. The Bertz CT molecular complexity index is 1590. The Labute approximate surface area is 356 Å². The van der Waals surface area contributed by atoms with Gasteiger partial charge >= 0.3 is 11.9 Å². The third kappa shape index (κ3) is 10.8. The molecule has 0 aromatic heterocycles. The smallest absolute Gasteiger partial charge is 0.332 e. The molecule has 60 heavy (non-hydrogen) atoms. The minimum Gasteiger partial charge on any atom is -0.504 e. The van der Waals surface area contributed by atoms with Crippen LogP contribution in [-0.2, 0) is 36.7 Å². The van der Waals surface area contributed by atoms with Crippen LogP contribution in [0.4, 0.5) is 0 Å². The van der Waals surface area contributed by atoms with Gasteiger partial charge in [0.1, 0.15) is 17.7 Å². The number of rotatable bonds is 20. The van der Waals surface area contributed by atoms with Gasteiger partial charge in [-0.1, -0.05) is 31.7 Å². The number of nitrogens with one attached hydrogen (secondary N) is 2. The highest BCUT2D eigenvalue weighted by molar-refractivity contribution is 5.90. The Morgan fingerprint density at radius 2 is 1.65 bits per heavy atom. The SMILES string of the molecule is CC(=O)O[C@@H](C[C@@H](OC(=O)[C@@]12CCCC[C@@H]1CCC(=O)N2)C1(Cc2ccc(O)c3c2C[C@H](C2(CO)CCCC2)CO3)CCNCC1)[C@@H](CC[C@H](O)CCCO)CC[C@H](C)O. The molecule has 1 amide bonds. The summed E-state index contributed by atoms with van der Waals surface area (Å²) < 4.78 is 19.6. The van der Waals surface area contributed by atoms with Gasteiger partial charge in [-0.05, 0) is 145 Å². The van der Waals surface area contributed by atoms with Crippen molar-refractivity contribution in [1.82, 2.24) is 10.6 Å². The molecule has 4 fully saturated rings. The van der Waals surface area contributed by atoms with Crippen molar-refractivity contribution in [3.05, 3.63) is 23.3 Å². The van der Waals surface area contributed by atoms with Gasteiger partial charge < -0.3 is 50.4 Å². The van der Waals surface area contributed by atoms with Gasteiger partial charge in [0.25, 0.3) is 0 Å². The number of fused-ring (bicyclic) bond motifs is 2. The predicted molar refractivity (Wildman–Crippen MR) is 225 cm³/mol. The van der Waals surface area contributed by atoms with Crippen molar-refractivity contribution >= 4 is 17.8 Å². The van der Waals surface area contributed by atoms with E-state index in [1.807, 2.05) is 6.07 Å². The van der Waals surface area contributed by atoms with Crippen LogP contribution in [0.15, 0.2) is 12.1 Å². The lowest BCUT2D eigenvalue weighted by Gasteiger charge is -2.49. The fourth-order valence-corrected chi connectivity index (χ4v) is 11.8. The second kappa shape index (κ2) is 20.9. The number of phenolic OH excluding ortho intramolecular Hbond substituents is 1. The van der Waals surface area contributed by atoms with Crippen LogP contribution < -0.4 is 15.4 Å². The van der Waals surface area contributed by atoms with Crippen LogP contribution in [0, 0.1) is 28.6 Å². The number of esters is 2. The Balaban J connectivity index is 1.41. The van der Waals surface area contributed by atoms with Crippen molar-refractivity contribution in [2.75, 3.05) is 32.9 Å². The van der Waals surface area contributed by atoms with Crippen LogP contribution in [0.5, 0.6) is 11.5 Å². The van der Waals surface area contributed by atoms with E-state index in [2.05, 4.69) is 10.6 Å².